The molecule has 1 aliphatic heterocycles. The molecule has 1 rings (SSSR count). The predicted octanol–water partition coefficient (Wildman–Crippen LogP) is 1.57. The normalized spacial score (nSPS) is 21.2. The van der Waals surface area contributed by atoms with Crippen LogP contribution in [-0.4, -0.2) is 23.9 Å². The van der Waals surface area contributed by atoms with Crippen molar-refractivity contribution >= 4 is 47.4 Å². The molecule has 6 heteroatoms. The van der Waals surface area contributed by atoms with Gasteiger partial charge in [0.15, 0.2) is 10.9 Å². The van der Waals surface area contributed by atoms with Gasteiger partial charge in [0, 0.05) is 0 Å². The molecule has 0 radical (unpaired) electrons. The summed E-state index contributed by atoms with van der Waals surface area (Å²) in [6.45, 7) is 0. The number of rotatable bonds is 2. The number of carbonyl (C=O) groups is 2. The molecule has 0 saturated carbocycles. The lowest BCUT2D eigenvalue weighted by Crippen LogP contribution is -2.21. The second kappa shape index (κ2) is 4.20. The Morgan fingerprint density at radius 2 is 2.25 bits per heavy atom. The number of hydrogen-bond acceptors (Lipinski definition) is 5. The van der Waals surface area contributed by atoms with Crippen LogP contribution in [0.2, 0.25) is 0 Å². The molecule has 1 heterocycles. The Kier molecular flexibility index (Phi) is 3.49. The molecular weight excluding hydrogens is 220 g/mol. The largest absolute Gasteiger partial charge is 0.468 e. The van der Waals surface area contributed by atoms with Crippen LogP contribution in [0.1, 0.15) is 0 Å². The minimum atomic E-state index is -0.302. The first-order chi connectivity index (χ1) is 5.69. The van der Waals surface area contributed by atoms with Crippen LogP contribution in [0.3, 0.4) is 0 Å². The van der Waals surface area contributed by atoms with Gasteiger partial charge in [-0.1, -0.05) is 35.1 Å². The zero-order valence-corrected chi connectivity index (χ0v) is 8.46. The molecule has 12 heavy (non-hydrogen) atoms. The number of aldehydes is 1. The van der Waals surface area contributed by atoms with Gasteiger partial charge in [0.25, 0.3) is 0 Å². The predicted molar refractivity (Wildman–Crippen MR) is 49.9 cm³/mol. The highest BCUT2D eigenvalue weighted by atomic mass is 35.5. The number of allylic oxidation sites excluding steroid dienone is 1. The maximum absolute atomic E-state index is 10.8. The van der Waals surface area contributed by atoms with Crippen molar-refractivity contribution < 1.29 is 14.3 Å². The average molecular weight is 225 g/mol. The van der Waals surface area contributed by atoms with E-state index in [-0.39, 0.29) is 15.6 Å². The van der Waals surface area contributed by atoms with Crippen LogP contribution in [0.15, 0.2) is 9.27 Å². The summed E-state index contributed by atoms with van der Waals surface area (Å²) >= 11 is 7.99. The number of esters is 1. The number of methoxy groups -OCH3 is 1. The smallest absolute Gasteiger partial charge is 0.329 e. The van der Waals surface area contributed by atoms with Gasteiger partial charge in [0.1, 0.15) is 5.03 Å². The molecule has 0 amide bonds. The van der Waals surface area contributed by atoms with Gasteiger partial charge in [0.05, 0.1) is 11.3 Å². The molecule has 0 unspecified atom stereocenters. The molecule has 1 aliphatic rings. The zero-order chi connectivity index (χ0) is 9.14. The van der Waals surface area contributed by atoms with E-state index in [1.54, 1.807) is 0 Å². The molecule has 0 spiro atoms. The fourth-order valence-corrected chi connectivity index (χ4v) is 2.80. The Bertz CT molecular complexity index is 243. The van der Waals surface area contributed by atoms with Crippen LogP contribution in [0.5, 0.6) is 0 Å². The first-order valence-electron chi connectivity index (χ1n) is 2.95. The summed E-state index contributed by atoms with van der Waals surface area (Å²) < 4.78 is 4.90. The molecule has 0 aromatic rings. The maximum Gasteiger partial charge on any atom is 0.329 e. The van der Waals surface area contributed by atoms with Gasteiger partial charge >= 0.3 is 5.97 Å². The van der Waals surface area contributed by atoms with Crippen molar-refractivity contribution in [3.63, 3.8) is 0 Å². The van der Waals surface area contributed by atoms with E-state index >= 15 is 0 Å². The van der Waals surface area contributed by atoms with Crippen molar-refractivity contribution in [2.75, 3.05) is 7.11 Å². The van der Waals surface area contributed by atoms with E-state index in [9.17, 15) is 9.59 Å². The van der Waals surface area contributed by atoms with Crippen molar-refractivity contribution in [2.24, 2.45) is 0 Å². The summed E-state index contributed by atoms with van der Waals surface area (Å²) in [7, 11) is 1.33. The zero-order valence-electron chi connectivity index (χ0n) is 6.07. The first kappa shape index (κ1) is 9.95. The second-order valence-corrected chi connectivity index (χ2v) is 5.04. The van der Waals surface area contributed by atoms with E-state index in [2.05, 4.69) is 4.74 Å². The Balaban J connectivity index is 2.48. The van der Waals surface area contributed by atoms with Crippen molar-refractivity contribution in [1.82, 2.24) is 0 Å². The van der Waals surface area contributed by atoms with Crippen molar-refractivity contribution in [1.29, 1.82) is 0 Å². The molecule has 0 aromatic heterocycles. The molecule has 3 nitrogen and oxygen atoms in total. The Morgan fingerprint density at radius 1 is 1.67 bits per heavy atom. The van der Waals surface area contributed by atoms with E-state index in [4.69, 9.17) is 11.6 Å². The number of halogens is 1. The maximum atomic E-state index is 10.8. The van der Waals surface area contributed by atoms with E-state index in [0.29, 0.717) is 10.5 Å². The molecular formula is C6H5ClO3S2. The fraction of sp³-hybridized carbons (Fsp3) is 0.333. The molecule has 0 bridgehead atoms. The van der Waals surface area contributed by atoms with E-state index in [0.717, 1.165) is 0 Å². The highest BCUT2D eigenvalue weighted by Crippen LogP contribution is 2.53. The molecule has 0 aromatic carbocycles. The standard InChI is InChI=1S/C6H5ClO3S2/c1-10-4(9)6-11-5(12-6)3(7)2-8/h2,6H,1H3. The summed E-state index contributed by atoms with van der Waals surface area (Å²) in [6, 6.07) is 0. The van der Waals surface area contributed by atoms with Gasteiger partial charge in [-0.3, -0.25) is 4.79 Å². The fourth-order valence-electron chi connectivity index (χ4n) is 0.556. The molecule has 66 valence electrons. The Labute approximate surface area is 82.9 Å². The monoisotopic (exact) mass is 224 g/mol. The summed E-state index contributed by atoms with van der Waals surface area (Å²) in [5.41, 5.74) is 0. The summed E-state index contributed by atoms with van der Waals surface area (Å²) in [6.07, 6.45) is 0.560. The van der Waals surface area contributed by atoms with Gasteiger partial charge < -0.3 is 4.74 Å². The third kappa shape index (κ3) is 1.97. The molecule has 1 saturated heterocycles. The van der Waals surface area contributed by atoms with Gasteiger partial charge in [-0.05, 0) is 0 Å². The van der Waals surface area contributed by atoms with Crippen LogP contribution in [0.25, 0.3) is 0 Å². The number of hydrogen-bond donors (Lipinski definition) is 0. The van der Waals surface area contributed by atoms with Crippen molar-refractivity contribution in [3.05, 3.63) is 9.27 Å². The number of ether oxygens (including phenoxy) is 1. The average Bonchev–Trinajstić information content (AvgIpc) is 2.01. The quantitative estimate of drug-likeness (QED) is 0.405. The Morgan fingerprint density at radius 3 is 2.67 bits per heavy atom. The number of thioether (sulfide) groups is 2. The van der Waals surface area contributed by atoms with E-state index in [1.807, 2.05) is 0 Å². The van der Waals surface area contributed by atoms with Gasteiger partial charge in [-0.15, -0.1) is 0 Å². The highest BCUT2D eigenvalue weighted by molar-refractivity contribution is 8.39. The lowest BCUT2D eigenvalue weighted by atomic mass is 10.7. The van der Waals surface area contributed by atoms with Crippen LogP contribution in [0.4, 0.5) is 0 Å². The highest BCUT2D eigenvalue weighted by Gasteiger charge is 2.34. The SMILES string of the molecule is COC(=O)C1SC(=C(Cl)C=O)S1. The summed E-state index contributed by atoms with van der Waals surface area (Å²) in [5, 5.41) is 0.158. The van der Waals surface area contributed by atoms with Crippen LogP contribution >= 0.6 is 35.1 Å². The van der Waals surface area contributed by atoms with Gasteiger partial charge in [0.2, 0.25) is 0 Å². The molecule has 1 fully saturated rings. The van der Waals surface area contributed by atoms with Crippen molar-refractivity contribution in [3.8, 4) is 0 Å². The van der Waals surface area contributed by atoms with Crippen LogP contribution in [0, 0.1) is 0 Å². The summed E-state index contributed by atoms with van der Waals surface area (Å²) in [5.74, 6) is -0.302. The Hall–Kier alpha value is -0.130. The van der Waals surface area contributed by atoms with Crippen molar-refractivity contribution in [2.45, 2.75) is 4.58 Å². The van der Waals surface area contributed by atoms with E-state index in [1.165, 1.54) is 30.6 Å². The third-order valence-electron chi connectivity index (χ3n) is 1.12. The van der Waals surface area contributed by atoms with Gasteiger partial charge in [-0.25, -0.2) is 4.79 Å². The summed E-state index contributed by atoms with van der Waals surface area (Å²) in [4.78, 5) is 21.0. The third-order valence-corrected chi connectivity index (χ3v) is 4.46. The lowest BCUT2D eigenvalue weighted by molar-refractivity contribution is -0.138. The molecule has 0 atom stereocenters. The number of carbonyl (C=O) groups excluding carboxylic acids is 2. The molecule has 0 N–H and O–H groups in total. The second-order valence-electron chi connectivity index (χ2n) is 1.84. The van der Waals surface area contributed by atoms with Crippen LogP contribution in [-0.2, 0) is 14.3 Å². The van der Waals surface area contributed by atoms with Crippen LogP contribution < -0.4 is 0 Å². The minimum Gasteiger partial charge on any atom is -0.468 e. The molecule has 0 aliphatic carbocycles. The first-order valence-corrected chi connectivity index (χ1v) is 5.09. The lowest BCUT2D eigenvalue weighted by Gasteiger charge is -2.24. The topological polar surface area (TPSA) is 43.4 Å². The minimum absolute atomic E-state index is 0.158. The van der Waals surface area contributed by atoms with E-state index < -0.39 is 0 Å². The van der Waals surface area contributed by atoms with Gasteiger partial charge in [-0.2, -0.15) is 0 Å².